The first kappa shape index (κ1) is 21.9. The molecule has 0 aromatic carbocycles. The van der Waals surface area contributed by atoms with Crippen molar-refractivity contribution in [3.05, 3.63) is 40.2 Å². The lowest BCUT2D eigenvalue weighted by atomic mass is 10.1. The van der Waals surface area contributed by atoms with Crippen molar-refractivity contribution in [1.29, 1.82) is 0 Å². The van der Waals surface area contributed by atoms with Gasteiger partial charge in [0.05, 0.1) is 31.9 Å². The Morgan fingerprint density at radius 1 is 1.47 bits per heavy atom. The lowest BCUT2D eigenvalue weighted by Gasteiger charge is -2.29. The van der Waals surface area contributed by atoms with Crippen molar-refractivity contribution < 1.29 is 23.1 Å². The highest BCUT2D eigenvalue weighted by Gasteiger charge is 2.33. The van der Waals surface area contributed by atoms with Crippen LogP contribution in [-0.4, -0.2) is 70.3 Å². The number of rotatable bonds is 7. The molecule has 10 nitrogen and oxygen atoms in total. The Bertz CT molecular complexity index is 1050. The Morgan fingerprint density at radius 2 is 2.31 bits per heavy atom. The Kier molecular flexibility index (Phi) is 6.44. The molecule has 2 aliphatic rings. The number of carbonyl (C=O) groups excluding carboxylic acids is 2. The summed E-state index contributed by atoms with van der Waals surface area (Å²) in [5.41, 5.74) is 1.60. The standard InChI is InChI=1S/C19H21F2N7O3S/c1-31-19(30)24-8-11-2-3-15(29)27(11)10-14-12(13-4-6-28(26-13)18(20)21)9-23-16(25-14)17-22-5-7-32-17/h4-7,11,18H,2-3,8-10H2,1H3,(H,23,25)(H,24,30). The molecule has 2 amide bonds. The number of nitrogens with one attached hydrogen (secondary N) is 2. The van der Waals surface area contributed by atoms with Crippen LogP contribution in [0.15, 0.2) is 34.5 Å². The van der Waals surface area contributed by atoms with Crippen molar-refractivity contribution in [3.63, 3.8) is 0 Å². The van der Waals surface area contributed by atoms with Gasteiger partial charge in [-0.3, -0.25) is 9.79 Å². The number of amides is 2. The van der Waals surface area contributed by atoms with Gasteiger partial charge in [-0.05, 0) is 12.5 Å². The molecule has 1 unspecified atom stereocenters. The number of alkyl carbamates (subject to hydrolysis) is 1. The summed E-state index contributed by atoms with van der Waals surface area (Å²) in [6.45, 7) is -2.13. The van der Waals surface area contributed by atoms with E-state index >= 15 is 0 Å². The lowest BCUT2D eigenvalue weighted by Crippen LogP contribution is -2.45. The van der Waals surface area contributed by atoms with Gasteiger partial charge in [-0.1, -0.05) is 0 Å². The predicted octanol–water partition coefficient (Wildman–Crippen LogP) is 1.84. The maximum absolute atomic E-state index is 13.0. The van der Waals surface area contributed by atoms with Crippen LogP contribution in [0.25, 0.3) is 5.57 Å². The zero-order chi connectivity index (χ0) is 22.7. The highest BCUT2D eigenvalue weighted by atomic mass is 32.1. The summed E-state index contributed by atoms with van der Waals surface area (Å²) in [5.74, 6) is 0.481. The van der Waals surface area contributed by atoms with Crippen molar-refractivity contribution in [2.75, 3.05) is 26.7 Å². The van der Waals surface area contributed by atoms with Crippen molar-refractivity contribution >= 4 is 34.7 Å². The van der Waals surface area contributed by atoms with Gasteiger partial charge in [0.25, 0.3) is 0 Å². The zero-order valence-electron chi connectivity index (χ0n) is 17.1. The van der Waals surface area contributed by atoms with Gasteiger partial charge in [0.1, 0.15) is 0 Å². The molecule has 0 radical (unpaired) electrons. The van der Waals surface area contributed by atoms with Crippen LogP contribution in [0, 0.1) is 0 Å². The number of ether oxygens (including phenoxy) is 1. The molecule has 4 rings (SSSR count). The molecular weight excluding hydrogens is 444 g/mol. The van der Waals surface area contributed by atoms with Gasteiger partial charge in [0.15, 0.2) is 10.8 Å². The van der Waals surface area contributed by atoms with Crippen LogP contribution in [0.4, 0.5) is 13.6 Å². The van der Waals surface area contributed by atoms with E-state index < -0.39 is 12.6 Å². The monoisotopic (exact) mass is 465 g/mol. The number of alkyl halides is 2. The van der Waals surface area contributed by atoms with Gasteiger partial charge in [-0.25, -0.2) is 14.5 Å². The van der Waals surface area contributed by atoms with Crippen molar-refractivity contribution in [2.45, 2.75) is 25.4 Å². The fraction of sp³-hybridized carbons (Fsp3) is 0.421. The van der Waals surface area contributed by atoms with Gasteiger partial charge in [-0.2, -0.15) is 13.9 Å². The number of hydrogen-bond donors (Lipinski definition) is 2. The second-order valence-electron chi connectivity index (χ2n) is 7.13. The van der Waals surface area contributed by atoms with E-state index in [1.165, 1.54) is 30.7 Å². The smallest absolute Gasteiger partial charge is 0.406 e. The molecule has 0 bridgehead atoms. The molecule has 2 aliphatic heterocycles. The van der Waals surface area contributed by atoms with Crippen molar-refractivity contribution in [3.8, 4) is 0 Å². The summed E-state index contributed by atoms with van der Waals surface area (Å²) in [4.78, 5) is 34.5. The molecule has 32 heavy (non-hydrogen) atoms. The van der Waals surface area contributed by atoms with E-state index in [0.29, 0.717) is 45.3 Å². The summed E-state index contributed by atoms with van der Waals surface area (Å²) in [6, 6.07) is 1.27. The normalized spacial score (nSPS) is 18.8. The molecule has 2 aromatic heterocycles. The lowest BCUT2D eigenvalue weighted by molar-refractivity contribution is -0.128. The number of aromatic nitrogens is 3. The third-order valence-electron chi connectivity index (χ3n) is 5.23. The summed E-state index contributed by atoms with van der Waals surface area (Å²) in [6.07, 6.45) is 3.22. The van der Waals surface area contributed by atoms with E-state index in [1.54, 1.807) is 11.1 Å². The molecule has 1 saturated heterocycles. The molecular formula is C19H21F2N7O3S. The summed E-state index contributed by atoms with van der Waals surface area (Å²) in [5, 5.41) is 12.3. The summed E-state index contributed by atoms with van der Waals surface area (Å²) < 4.78 is 31.3. The Morgan fingerprint density at radius 3 is 3.00 bits per heavy atom. The SMILES string of the molecule is COC(=O)NCC1CCC(=O)N1CC1=C(c2ccn(C(F)F)n2)CN=C(c2nccs2)N1. The Hall–Kier alpha value is -3.35. The van der Waals surface area contributed by atoms with Crippen LogP contribution in [-0.2, 0) is 9.53 Å². The molecule has 2 aromatic rings. The van der Waals surface area contributed by atoms with E-state index in [4.69, 9.17) is 0 Å². The highest BCUT2D eigenvalue weighted by molar-refractivity contribution is 7.11. The molecule has 0 spiro atoms. The number of likely N-dealkylation sites (tertiary alicyclic amines) is 1. The van der Waals surface area contributed by atoms with Crippen molar-refractivity contribution in [2.24, 2.45) is 4.99 Å². The average molecular weight is 465 g/mol. The van der Waals surface area contributed by atoms with Crippen LogP contribution >= 0.6 is 11.3 Å². The summed E-state index contributed by atoms with van der Waals surface area (Å²) >= 11 is 1.41. The van der Waals surface area contributed by atoms with E-state index in [-0.39, 0.29) is 31.6 Å². The largest absolute Gasteiger partial charge is 0.453 e. The molecule has 13 heteroatoms. The molecule has 0 saturated carbocycles. The number of halogens is 2. The van der Waals surface area contributed by atoms with Gasteiger partial charge in [-0.15, -0.1) is 11.3 Å². The third kappa shape index (κ3) is 4.61. The minimum absolute atomic E-state index is 0.0632. The van der Waals surface area contributed by atoms with Gasteiger partial charge < -0.3 is 20.3 Å². The molecule has 170 valence electrons. The molecule has 1 fully saturated rings. The zero-order valence-corrected chi connectivity index (χ0v) is 17.9. The fourth-order valence-corrected chi connectivity index (χ4v) is 4.22. The number of thiazole rings is 1. The first-order chi connectivity index (χ1) is 15.5. The van der Waals surface area contributed by atoms with Crippen LogP contribution in [0.3, 0.4) is 0 Å². The number of aliphatic imine (C=N–C) groups is 1. The number of hydrogen-bond acceptors (Lipinski definition) is 8. The number of amidine groups is 1. The predicted molar refractivity (Wildman–Crippen MR) is 112 cm³/mol. The maximum atomic E-state index is 13.0. The van der Waals surface area contributed by atoms with E-state index in [9.17, 15) is 18.4 Å². The van der Waals surface area contributed by atoms with Gasteiger partial charge >= 0.3 is 12.6 Å². The third-order valence-corrected chi connectivity index (χ3v) is 6.01. The quantitative estimate of drug-likeness (QED) is 0.645. The average Bonchev–Trinajstić information content (AvgIpc) is 3.55. The number of carbonyl (C=O) groups is 2. The van der Waals surface area contributed by atoms with Crippen LogP contribution in [0.1, 0.15) is 30.1 Å². The second-order valence-corrected chi connectivity index (χ2v) is 8.02. The second kappa shape index (κ2) is 9.42. The van der Waals surface area contributed by atoms with Crippen LogP contribution in [0.5, 0.6) is 0 Å². The first-order valence-corrected chi connectivity index (χ1v) is 10.7. The van der Waals surface area contributed by atoms with Gasteiger partial charge in [0.2, 0.25) is 5.91 Å². The Balaban J connectivity index is 1.61. The van der Waals surface area contributed by atoms with Crippen LogP contribution < -0.4 is 10.6 Å². The van der Waals surface area contributed by atoms with Crippen LogP contribution in [0.2, 0.25) is 0 Å². The molecule has 4 heterocycles. The summed E-state index contributed by atoms with van der Waals surface area (Å²) in [7, 11) is 1.27. The molecule has 0 aliphatic carbocycles. The number of nitrogens with zero attached hydrogens (tertiary/aromatic N) is 5. The topological polar surface area (TPSA) is 114 Å². The minimum Gasteiger partial charge on any atom is -0.453 e. The first-order valence-electron chi connectivity index (χ1n) is 9.84. The van der Waals surface area contributed by atoms with Crippen molar-refractivity contribution in [1.82, 2.24) is 30.3 Å². The van der Waals surface area contributed by atoms with Gasteiger partial charge in [0, 0.05) is 42.0 Å². The number of methoxy groups -OCH3 is 1. The molecule has 2 N–H and O–H groups in total. The molecule has 1 atom stereocenters. The van der Waals surface area contributed by atoms with E-state index in [0.717, 1.165) is 0 Å². The van der Waals surface area contributed by atoms with E-state index in [2.05, 4.69) is 30.4 Å². The fourth-order valence-electron chi connectivity index (χ4n) is 3.62. The maximum Gasteiger partial charge on any atom is 0.406 e. The highest BCUT2D eigenvalue weighted by Crippen LogP contribution is 2.26. The Labute approximate surface area is 186 Å². The van der Waals surface area contributed by atoms with E-state index in [1.807, 2.05) is 5.38 Å². The minimum atomic E-state index is -2.76.